The van der Waals surface area contributed by atoms with Crippen LogP contribution in [0.15, 0.2) is 48.5 Å². The van der Waals surface area contributed by atoms with Crippen LogP contribution >= 0.6 is 0 Å². The number of carbonyl (C=O) groups is 2. The van der Waals surface area contributed by atoms with Crippen LogP contribution in [0.1, 0.15) is 27.9 Å². The zero-order valence-corrected chi connectivity index (χ0v) is 14.5. The number of nitrogens with one attached hydrogen (secondary N) is 1. The number of hydrogen-bond donors (Lipinski definition) is 2. The molecule has 0 spiro atoms. The Morgan fingerprint density at radius 2 is 2.04 bits per heavy atom. The highest BCUT2D eigenvalue weighted by molar-refractivity contribution is 6.61. The molecule has 1 heterocycles. The average Bonchev–Trinajstić information content (AvgIpc) is 3.05. The maximum Gasteiger partial charge on any atom is 0.491 e. The van der Waals surface area contributed by atoms with E-state index in [1.165, 1.54) is 7.11 Å². The number of amides is 1. The van der Waals surface area contributed by atoms with E-state index in [1.54, 1.807) is 18.2 Å². The second-order valence-electron chi connectivity index (χ2n) is 6.15. The van der Waals surface area contributed by atoms with Crippen molar-refractivity contribution >= 4 is 24.5 Å². The minimum atomic E-state index is -1.02. The molecule has 2 aromatic rings. The number of hydrogen-bond acceptors (Lipinski definition) is 5. The molecule has 0 saturated heterocycles. The molecule has 7 heteroatoms. The molecule has 0 bridgehead atoms. The molecule has 0 aliphatic carbocycles. The fraction of sp³-hybridized carbons (Fsp3) is 0.263. The van der Waals surface area contributed by atoms with Crippen LogP contribution < -0.4 is 10.8 Å². The van der Waals surface area contributed by atoms with Gasteiger partial charge in [0.1, 0.15) is 6.04 Å². The van der Waals surface area contributed by atoms with Gasteiger partial charge in [-0.1, -0.05) is 36.4 Å². The zero-order chi connectivity index (χ0) is 18.5. The molecule has 2 N–H and O–H groups in total. The van der Waals surface area contributed by atoms with E-state index in [0.717, 1.165) is 11.1 Å². The van der Waals surface area contributed by atoms with Gasteiger partial charge in [0.05, 0.1) is 13.7 Å². The van der Waals surface area contributed by atoms with Gasteiger partial charge in [-0.15, -0.1) is 0 Å². The van der Waals surface area contributed by atoms with Crippen LogP contribution in [0.25, 0.3) is 0 Å². The number of aryl methyl sites for hydroxylation is 1. The van der Waals surface area contributed by atoms with Gasteiger partial charge < -0.3 is 19.7 Å². The highest BCUT2D eigenvalue weighted by Gasteiger charge is 2.29. The summed E-state index contributed by atoms with van der Waals surface area (Å²) in [6, 6.07) is 14.0. The third-order valence-corrected chi connectivity index (χ3v) is 4.43. The van der Waals surface area contributed by atoms with Crippen molar-refractivity contribution in [1.29, 1.82) is 0 Å². The van der Waals surface area contributed by atoms with Crippen molar-refractivity contribution in [1.82, 2.24) is 5.32 Å². The van der Waals surface area contributed by atoms with Crippen LogP contribution in [0.3, 0.4) is 0 Å². The summed E-state index contributed by atoms with van der Waals surface area (Å²) in [5.74, 6) is -0.880. The average molecular weight is 353 g/mol. The maximum absolute atomic E-state index is 12.6. The monoisotopic (exact) mass is 353 g/mol. The number of carbonyl (C=O) groups excluding carboxylic acids is 2. The summed E-state index contributed by atoms with van der Waals surface area (Å²) < 4.78 is 9.95. The SMILES string of the molecule is COC(=O)[C@@H](CCc1ccccc1)NC(=O)c1ccc2c(c1)B(O)OC2. The smallest absolute Gasteiger partial charge is 0.467 e. The van der Waals surface area contributed by atoms with Crippen LogP contribution in [0, 0.1) is 0 Å². The van der Waals surface area contributed by atoms with Gasteiger partial charge >= 0.3 is 13.1 Å². The number of benzene rings is 2. The molecule has 1 aliphatic rings. The second kappa shape index (κ2) is 8.16. The van der Waals surface area contributed by atoms with Gasteiger partial charge in [-0.2, -0.15) is 0 Å². The molecular weight excluding hydrogens is 333 g/mol. The van der Waals surface area contributed by atoms with Gasteiger partial charge in [0.15, 0.2) is 0 Å². The predicted octanol–water partition coefficient (Wildman–Crippen LogP) is 0.808. The number of rotatable bonds is 6. The Kier molecular flexibility index (Phi) is 5.70. The van der Waals surface area contributed by atoms with Crippen molar-refractivity contribution in [2.24, 2.45) is 0 Å². The van der Waals surface area contributed by atoms with Crippen LogP contribution in [-0.2, 0) is 27.2 Å². The summed E-state index contributed by atoms with van der Waals surface area (Å²) in [5.41, 5.74) is 2.87. The summed E-state index contributed by atoms with van der Waals surface area (Å²) in [5, 5.41) is 12.5. The first kappa shape index (κ1) is 18.2. The van der Waals surface area contributed by atoms with Crippen LogP contribution in [-0.4, -0.2) is 37.2 Å². The fourth-order valence-corrected chi connectivity index (χ4v) is 2.94. The van der Waals surface area contributed by atoms with Crippen molar-refractivity contribution in [3.05, 3.63) is 65.2 Å². The molecule has 1 aliphatic heterocycles. The van der Waals surface area contributed by atoms with Crippen molar-refractivity contribution in [2.75, 3.05) is 7.11 Å². The molecule has 1 atom stereocenters. The van der Waals surface area contributed by atoms with Gasteiger partial charge in [-0.3, -0.25) is 4.79 Å². The third kappa shape index (κ3) is 4.12. The van der Waals surface area contributed by atoms with Crippen molar-refractivity contribution < 1.29 is 24.0 Å². The van der Waals surface area contributed by atoms with E-state index in [0.29, 0.717) is 30.5 Å². The lowest BCUT2D eigenvalue weighted by molar-refractivity contribution is -0.143. The molecule has 0 unspecified atom stereocenters. The van der Waals surface area contributed by atoms with E-state index in [4.69, 9.17) is 9.39 Å². The van der Waals surface area contributed by atoms with Crippen LogP contribution in [0.2, 0.25) is 0 Å². The summed E-state index contributed by atoms with van der Waals surface area (Å²) in [7, 11) is 0.278. The van der Waals surface area contributed by atoms with E-state index in [1.807, 2.05) is 30.3 Å². The Morgan fingerprint density at radius 1 is 1.27 bits per heavy atom. The molecule has 3 rings (SSSR count). The Labute approximate surface area is 152 Å². The lowest BCUT2D eigenvalue weighted by Crippen LogP contribution is -2.42. The lowest BCUT2D eigenvalue weighted by Gasteiger charge is -2.17. The molecule has 0 aromatic heterocycles. The molecule has 6 nitrogen and oxygen atoms in total. The maximum atomic E-state index is 12.6. The summed E-state index contributed by atoms with van der Waals surface area (Å²) >= 11 is 0. The second-order valence-corrected chi connectivity index (χ2v) is 6.15. The molecule has 26 heavy (non-hydrogen) atoms. The minimum absolute atomic E-state index is 0.320. The van der Waals surface area contributed by atoms with Gasteiger partial charge in [-0.25, -0.2) is 4.79 Å². The number of methoxy groups -OCH3 is 1. The Balaban J connectivity index is 1.69. The van der Waals surface area contributed by atoms with Gasteiger partial charge in [0, 0.05) is 5.56 Å². The third-order valence-electron chi connectivity index (χ3n) is 4.43. The summed E-state index contributed by atoms with van der Waals surface area (Å²) in [4.78, 5) is 24.6. The highest BCUT2D eigenvalue weighted by atomic mass is 16.5. The van der Waals surface area contributed by atoms with Gasteiger partial charge in [-0.05, 0) is 41.6 Å². The van der Waals surface area contributed by atoms with Crippen molar-refractivity contribution in [3.63, 3.8) is 0 Å². The Hall–Kier alpha value is -2.64. The summed E-state index contributed by atoms with van der Waals surface area (Å²) in [6.07, 6.45) is 1.07. The normalized spacial score (nSPS) is 13.8. The van der Waals surface area contributed by atoms with E-state index in [9.17, 15) is 14.6 Å². The van der Waals surface area contributed by atoms with Crippen LogP contribution in [0.5, 0.6) is 0 Å². The van der Waals surface area contributed by atoms with E-state index >= 15 is 0 Å². The molecule has 0 saturated carbocycles. The topological polar surface area (TPSA) is 84.9 Å². The minimum Gasteiger partial charge on any atom is -0.467 e. The number of fused-ring (bicyclic) bond motifs is 1. The van der Waals surface area contributed by atoms with E-state index < -0.39 is 25.0 Å². The summed E-state index contributed by atoms with van der Waals surface area (Å²) in [6.45, 7) is 0.320. The molecule has 2 aromatic carbocycles. The van der Waals surface area contributed by atoms with Crippen molar-refractivity contribution in [3.8, 4) is 0 Å². The van der Waals surface area contributed by atoms with Gasteiger partial charge in [0.25, 0.3) is 5.91 Å². The van der Waals surface area contributed by atoms with E-state index in [-0.39, 0.29) is 0 Å². The molecule has 134 valence electrons. The molecular formula is C19H20BNO5. The fourth-order valence-electron chi connectivity index (χ4n) is 2.94. The molecule has 0 fully saturated rings. The van der Waals surface area contributed by atoms with Crippen LogP contribution in [0.4, 0.5) is 0 Å². The Morgan fingerprint density at radius 3 is 2.77 bits per heavy atom. The quantitative estimate of drug-likeness (QED) is 0.593. The number of ether oxygens (including phenoxy) is 1. The number of esters is 1. The molecule has 0 radical (unpaired) electrons. The van der Waals surface area contributed by atoms with Gasteiger partial charge in [0.2, 0.25) is 0 Å². The molecule has 1 amide bonds. The van der Waals surface area contributed by atoms with E-state index in [2.05, 4.69) is 5.32 Å². The first-order valence-corrected chi connectivity index (χ1v) is 8.43. The largest absolute Gasteiger partial charge is 0.491 e. The first-order valence-electron chi connectivity index (χ1n) is 8.43. The lowest BCUT2D eigenvalue weighted by atomic mass is 9.78. The van der Waals surface area contributed by atoms with Crippen molar-refractivity contribution in [2.45, 2.75) is 25.5 Å². The Bertz CT molecular complexity index is 796. The highest BCUT2D eigenvalue weighted by Crippen LogP contribution is 2.12. The first-order chi connectivity index (χ1) is 12.6. The predicted molar refractivity (Wildman–Crippen MR) is 96.9 cm³/mol. The zero-order valence-electron chi connectivity index (χ0n) is 14.5. The standard InChI is InChI=1S/C19H20BNO5/c1-25-19(23)17(10-7-13-5-3-2-4-6-13)21-18(22)14-8-9-15-12-26-20(24)16(15)11-14/h2-6,8-9,11,17,24H,7,10,12H2,1H3,(H,21,22)/t17-/m1/s1.